The lowest BCUT2D eigenvalue weighted by Gasteiger charge is -2.25. The normalized spacial score (nSPS) is 16.8. The van der Waals surface area contributed by atoms with Crippen molar-refractivity contribution in [2.75, 3.05) is 11.9 Å². The molecule has 0 unspecified atom stereocenters. The molecule has 0 spiro atoms. The maximum Gasteiger partial charge on any atom is 0.313 e. The molecule has 8 heteroatoms. The summed E-state index contributed by atoms with van der Waals surface area (Å²) < 4.78 is 10.9. The van der Waals surface area contributed by atoms with Crippen molar-refractivity contribution in [2.24, 2.45) is 5.92 Å². The number of carbonyl (C=O) groups excluding carboxylic acids is 2. The summed E-state index contributed by atoms with van der Waals surface area (Å²) in [5, 5.41) is 3.60. The van der Waals surface area contributed by atoms with Gasteiger partial charge in [0.25, 0.3) is 5.91 Å². The molecule has 1 N–H and O–H groups in total. The second-order valence-corrected chi connectivity index (χ2v) is 6.77. The molecule has 1 aromatic heterocycles. The van der Waals surface area contributed by atoms with E-state index in [9.17, 15) is 9.59 Å². The van der Waals surface area contributed by atoms with Crippen LogP contribution in [0, 0.1) is 5.92 Å². The van der Waals surface area contributed by atoms with Gasteiger partial charge in [-0.05, 0) is 49.2 Å². The van der Waals surface area contributed by atoms with Gasteiger partial charge in [-0.15, -0.1) is 0 Å². The second kappa shape index (κ2) is 7.93. The Hall–Kier alpha value is -2.31. The van der Waals surface area contributed by atoms with E-state index in [0.29, 0.717) is 28.0 Å². The van der Waals surface area contributed by atoms with Crippen molar-refractivity contribution in [3.05, 3.63) is 52.1 Å². The summed E-state index contributed by atoms with van der Waals surface area (Å²) in [5.41, 5.74) is 0.841. The summed E-state index contributed by atoms with van der Waals surface area (Å²) >= 11 is 11.7. The summed E-state index contributed by atoms with van der Waals surface area (Å²) in [5.74, 6) is -0.439. The molecule has 0 bridgehead atoms. The average molecular weight is 395 g/mol. The first-order chi connectivity index (χ1) is 12.4. The van der Waals surface area contributed by atoms with Crippen molar-refractivity contribution in [3.63, 3.8) is 0 Å². The second-order valence-electron chi connectivity index (χ2n) is 5.89. The number of anilines is 1. The van der Waals surface area contributed by atoms with E-state index >= 15 is 0 Å². The number of aromatic nitrogens is 1. The predicted molar refractivity (Wildman–Crippen MR) is 97.6 cm³/mol. The number of halogens is 2. The summed E-state index contributed by atoms with van der Waals surface area (Å²) in [6.45, 7) is 1.69. The van der Waals surface area contributed by atoms with Crippen LogP contribution in [0.2, 0.25) is 10.0 Å². The fourth-order valence-electron chi connectivity index (χ4n) is 2.52. The molecule has 0 aliphatic carbocycles. The lowest BCUT2D eigenvalue weighted by molar-refractivity contribution is -0.158. The zero-order chi connectivity index (χ0) is 18.7. The van der Waals surface area contributed by atoms with Gasteiger partial charge in [0.15, 0.2) is 6.10 Å². The van der Waals surface area contributed by atoms with Gasteiger partial charge in [0.05, 0.1) is 10.9 Å². The molecule has 2 heterocycles. The number of nitrogens with one attached hydrogen (secondary N) is 1. The molecule has 0 radical (unpaired) electrons. The van der Waals surface area contributed by atoms with E-state index in [1.54, 1.807) is 30.3 Å². The Labute approximate surface area is 160 Å². The standard InChI is InChI=1S/C18H16Cl2N2O4/c1-10(17(23)22-16-5-3-14(20)8-21-16)26-18(24)12-6-11-7-13(19)2-4-15(11)25-9-12/h2-5,7-8,10,12H,6,9H2,1H3,(H,21,22,23)/t10-,12-/m0/s1. The van der Waals surface area contributed by atoms with Crippen LogP contribution in [0.4, 0.5) is 5.82 Å². The molecular weight excluding hydrogens is 379 g/mol. The van der Waals surface area contributed by atoms with Crippen molar-refractivity contribution in [1.82, 2.24) is 4.98 Å². The van der Waals surface area contributed by atoms with E-state index < -0.39 is 23.9 Å². The van der Waals surface area contributed by atoms with E-state index in [1.165, 1.54) is 13.1 Å². The SMILES string of the molecule is C[C@H](OC(=O)[C@@H]1COc2ccc(Cl)cc2C1)C(=O)Nc1ccc(Cl)cn1. The number of hydrogen-bond acceptors (Lipinski definition) is 5. The minimum atomic E-state index is -0.972. The summed E-state index contributed by atoms with van der Waals surface area (Å²) in [6, 6.07) is 8.43. The molecule has 0 saturated heterocycles. The third-order valence-electron chi connectivity index (χ3n) is 3.90. The van der Waals surface area contributed by atoms with Gasteiger partial charge in [0.2, 0.25) is 0 Å². The minimum absolute atomic E-state index is 0.195. The van der Waals surface area contributed by atoms with E-state index in [4.69, 9.17) is 32.7 Å². The highest BCUT2D eigenvalue weighted by atomic mass is 35.5. The number of ether oxygens (including phenoxy) is 2. The Bertz CT molecular complexity index is 826. The lowest BCUT2D eigenvalue weighted by Crippen LogP contribution is -2.36. The highest BCUT2D eigenvalue weighted by molar-refractivity contribution is 6.30. The molecule has 3 rings (SSSR count). The number of carbonyl (C=O) groups is 2. The largest absolute Gasteiger partial charge is 0.492 e. The van der Waals surface area contributed by atoms with Gasteiger partial charge in [-0.1, -0.05) is 23.2 Å². The van der Waals surface area contributed by atoms with Gasteiger partial charge < -0.3 is 14.8 Å². The number of esters is 1. The van der Waals surface area contributed by atoms with Crippen LogP contribution in [0.15, 0.2) is 36.5 Å². The van der Waals surface area contributed by atoms with Crippen LogP contribution in [0.1, 0.15) is 12.5 Å². The first-order valence-corrected chi connectivity index (χ1v) is 8.72. The van der Waals surface area contributed by atoms with Gasteiger partial charge in [0, 0.05) is 11.2 Å². The molecule has 1 aromatic carbocycles. The predicted octanol–water partition coefficient (Wildman–Crippen LogP) is 3.51. The van der Waals surface area contributed by atoms with Gasteiger partial charge >= 0.3 is 5.97 Å². The zero-order valence-corrected chi connectivity index (χ0v) is 15.4. The number of pyridine rings is 1. The Kier molecular flexibility index (Phi) is 5.64. The highest BCUT2D eigenvalue weighted by Crippen LogP contribution is 2.30. The number of rotatable bonds is 4. The Morgan fingerprint density at radius 2 is 2.04 bits per heavy atom. The van der Waals surface area contributed by atoms with Gasteiger partial charge in [0.1, 0.15) is 18.2 Å². The van der Waals surface area contributed by atoms with Gasteiger partial charge in [-0.3, -0.25) is 9.59 Å². The Balaban J connectivity index is 1.57. The molecule has 136 valence electrons. The van der Waals surface area contributed by atoms with Crippen LogP contribution >= 0.6 is 23.2 Å². The summed E-state index contributed by atoms with van der Waals surface area (Å²) in [6.07, 6.45) is 0.887. The third kappa shape index (κ3) is 4.45. The lowest BCUT2D eigenvalue weighted by atomic mass is 9.97. The molecule has 1 aliphatic heterocycles. The summed E-state index contributed by atoms with van der Waals surface area (Å²) in [4.78, 5) is 28.5. The van der Waals surface area contributed by atoms with Crippen LogP contribution in [0.3, 0.4) is 0 Å². The fourth-order valence-corrected chi connectivity index (χ4v) is 2.82. The minimum Gasteiger partial charge on any atom is -0.492 e. The third-order valence-corrected chi connectivity index (χ3v) is 4.36. The number of hydrogen-bond donors (Lipinski definition) is 1. The molecule has 2 aromatic rings. The summed E-state index contributed by atoms with van der Waals surface area (Å²) in [7, 11) is 0. The van der Waals surface area contributed by atoms with Crippen LogP contribution in [0.5, 0.6) is 5.75 Å². The maximum atomic E-state index is 12.4. The van der Waals surface area contributed by atoms with Crippen molar-refractivity contribution in [3.8, 4) is 5.75 Å². The smallest absolute Gasteiger partial charge is 0.313 e. The number of nitrogens with zero attached hydrogens (tertiary/aromatic N) is 1. The molecule has 0 saturated carbocycles. The van der Waals surface area contributed by atoms with Crippen LogP contribution in [-0.2, 0) is 20.7 Å². The molecular formula is C18H16Cl2N2O4. The van der Waals surface area contributed by atoms with Crippen molar-refractivity contribution >= 4 is 40.9 Å². The highest BCUT2D eigenvalue weighted by Gasteiger charge is 2.30. The van der Waals surface area contributed by atoms with Gasteiger partial charge in [-0.25, -0.2) is 4.98 Å². The average Bonchev–Trinajstić information content (AvgIpc) is 2.62. The van der Waals surface area contributed by atoms with Crippen molar-refractivity contribution in [2.45, 2.75) is 19.4 Å². The topological polar surface area (TPSA) is 77.5 Å². The van der Waals surface area contributed by atoms with Crippen LogP contribution in [-0.4, -0.2) is 29.6 Å². The molecule has 1 amide bonds. The number of benzene rings is 1. The van der Waals surface area contributed by atoms with E-state index in [2.05, 4.69) is 10.3 Å². The van der Waals surface area contributed by atoms with Crippen LogP contribution < -0.4 is 10.1 Å². The van der Waals surface area contributed by atoms with E-state index in [0.717, 1.165) is 5.56 Å². The fraction of sp³-hybridized carbons (Fsp3) is 0.278. The quantitative estimate of drug-likeness (QED) is 0.802. The first kappa shape index (κ1) is 18.5. The van der Waals surface area contributed by atoms with Crippen molar-refractivity contribution < 1.29 is 19.1 Å². The Morgan fingerprint density at radius 1 is 1.27 bits per heavy atom. The number of amides is 1. The molecule has 26 heavy (non-hydrogen) atoms. The van der Waals surface area contributed by atoms with Gasteiger partial charge in [-0.2, -0.15) is 0 Å². The number of fused-ring (bicyclic) bond motifs is 1. The van der Waals surface area contributed by atoms with E-state index in [-0.39, 0.29) is 6.61 Å². The van der Waals surface area contributed by atoms with Crippen molar-refractivity contribution in [1.29, 1.82) is 0 Å². The first-order valence-electron chi connectivity index (χ1n) is 7.96. The molecule has 0 fully saturated rings. The Morgan fingerprint density at radius 3 is 2.77 bits per heavy atom. The maximum absolute atomic E-state index is 12.4. The zero-order valence-electron chi connectivity index (χ0n) is 13.9. The van der Waals surface area contributed by atoms with E-state index in [1.807, 2.05) is 0 Å². The molecule has 2 atom stereocenters. The van der Waals surface area contributed by atoms with Crippen LogP contribution in [0.25, 0.3) is 0 Å². The molecule has 6 nitrogen and oxygen atoms in total. The molecule has 1 aliphatic rings. The monoisotopic (exact) mass is 394 g/mol.